The maximum atomic E-state index is 11.6. The molecule has 1 N–H and O–H groups in total. The van der Waals surface area contributed by atoms with Gasteiger partial charge in [0.1, 0.15) is 0 Å². The Morgan fingerprint density at radius 2 is 1.93 bits per heavy atom. The maximum absolute atomic E-state index is 11.6. The lowest BCUT2D eigenvalue weighted by Crippen LogP contribution is -2.42. The zero-order valence-corrected chi connectivity index (χ0v) is 16.1. The Labute approximate surface area is 158 Å². The van der Waals surface area contributed by atoms with Crippen LogP contribution in [0.15, 0.2) is 36.5 Å². The van der Waals surface area contributed by atoms with Gasteiger partial charge in [-0.1, -0.05) is 6.07 Å². The van der Waals surface area contributed by atoms with Crippen LogP contribution in [0.25, 0.3) is 16.9 Å². The van der Waals surface area contributed by atoms with Crippen LogP contribution in [0.3, 0.4) is 0 Å². The molecule has 0 saturated carbocycles. The summed E-state index contributed by atoms with van der Waals surface area (Å²) in [5.41, 5.74) is 3.62. The number of nitrogens with zero attached hydrogens (tertiary/aromatic N) is 5. The van der Waals surface area contributed by atoms with E-state index in [1.807, 2.05) is 41.8 Å². The number of sulfonamides is 1. The van der Waals surface area contributed by atoms with Gasteiger partial charge in [0.15, 0.2) is 0 Å². The fraction of sp³-hybridized carbons (Fsp3) is 0.389. The average Bonchev–Trinajstić information content (AvgIpc) is 3.05. The molecule has 1 saturated heterocycles. The van der Waals surface area contributed by atoms with Crippen molar-refractivity contribution >= 4 is 21.5 Å². The van der Waals surface area contributed by atoms with Gasteiger partial charge >= 0.3 is 0 Å². The second kappa shape index (κ2) is 6.90. The second-order valence-corrected chi connectivity index (χ2v) is 8.86. The molecule has 27 heavy (non-hydrogen) atoms. The minimum absolute atomic E-state index is 0.150. The number of pyridine rings is 1. The number of piperidine rings is 1. The summed E-state index contributed by atoms with van der Waals surface area (Å²) in [6.07, 6.45) is 4.49. The van der Waals surface area contributed by atoms with Crippen LogP contribution in [0.4, 0.5) is 5.95 Å². The first-order valence-corrected chi connectivity index (χ1v) is 10.8. The van der Waals surface area contributed by atoms with Crippen molar-refractivity contribution in [2.24, 2.45) is 0 Å². The van der Waals surface area contributed by atoms with Crippen LogP contribution in [0.2, 0.25) is 0 Å². The molecule has 142 valence electrons. The molecule has 4 heterocycles. The van der Waals surface area contributed by atoms with Gasteiger partial charge in [0.05, 0.1) is 29.4 Å². The Kier molecular flexibility index (Phi) is 4.56. The molecule has 1 aliphatic rings. The summed E-state index contributed by atoms with van der Waals surface area (Å²) < 4.78 is 26.6. The van der Waals surface area contributed by atoms with E-state index >= 15 is 0 Å². The number of fused-ring (bicyclic) bond motifs is 1. The highest BCUT2D eigenvalue weighted by Gasteiger charge is 2.25. The lowest BCUT2D eigenvalue weighted by Gasteiger charge is -2.30. The minimum Gasteiger partial charge on any atom is -0.350 e. The Morgan fingerprint density at radius 1 is 1.15 bits per heavy atom. The predicted octanol–water partition coefficient (Wildman–Crippen LogP) is 1.94. The fourth-order valence-corrected chi connectivity index (χ4v) is 4.24. The molecule has 0 unspecified atom stereocenters. The number of rotatable bonds is 4. The molecule has 3 aromatic rings. The Morgan fingerprint density at radius 3 is 2.63 bits per heavy atom. The standard InChI is InChI=1S/C18H22N6O2S/c1-13-4-3-5-16(20-13)17-7-6-15-12-19-18(22-24(15)17)21-14-8-10-23(11-9-14)27(2,25)26/h3-7,12,14H,8-11H2,1-2H3,(H,21,22). The lowest BCUT2D eigenvalue weighted by atomic mass is 10.1. The van der Waals surface area contributed by atoms with Gasteiger partial charge < -0.3 is 5.32 Å². The molecule has 0 aliphatic carbocycles. The highest BCUT2D eigenvalue weighted by Crippen LogP contribution is 2.21. The third-order valence-electron chi connectivity index (χ3n) is 4.81. The Hall–Kier alpha value is -2.52. The highest BCUT2D eigenvalue weighted by molar-refractivity contribution is 7.88. The topological polar surface area (TPSA) is 92.5 Å². The van der Waals surface area contributed by atoms with Crippen molar-refractivity contribution in [3.8, 4) is 11.4 Å². The van der Waals surface area contributed by atoms with Gasteiger partial charge in [-0.15, -0.1) is 5.10 Å². The molecular formula is C18H22N6O2S. The van der Waals surface area contributed by atoms with Crippen LogP contribution < -0.4 is 5.32 Å². The average molecular weight is 386 g/mol. The van der Waals surface area contributed by atoms with Crippen molar-refractivity contribution in [1.82, 2.24) is 23.9 Å². The zero-order valence-electron chi connectivity index (χ0n) is 15.3. The quantitative estimate of drug-likeness (QED) is 0.737. The molecule has 4 rings (SSSR count). The summed E-state index contributed by atoms with van der Waals surface area (Å²) in [5, 5.41) is 7.97. The van der Waals surface area contributed by atoms with E-state index in [1.54, 1.807) is 6.20 Å². The molecule has 9 heteroatoms. The van der Waals surface area contributed by atoms with E-state index in [0.717, 1.165) is 35.4 Å². The first kappa shape index (κ1) is 17.9. The van der Waals surface area contributed by atoms with Gasteiger partial charge in [0.25, 0.3) is 0 Å². The molecule has 0 spiro atoms. The van der Waals surface area contributed by atoms with Crippen LogP contribution in [0.1, 0.15) is 18.5 Å². The molecule has 0 bridgehead atoms. The monoisotopic (exact) mass is 386 g/mol. The van der Waals surface area contributed by atoms with Crippen LogP contribution in [0.5, 0.6) is 0 Å². The number of aromatic nitrogens is 4. The summed E-state index contributed by atoms with van der Waals surface area (Å²) in [5.74, 6) is 0.533. The smallest absolute Gasteiger partial charge is 0.241 e. The van der Waals surface area contributed by atoms with Crippen molar-refractivity contribution in [3.05, 3.63) is 42.2 Å². The van der Waals surface area contributed by atoms with Crippen molar-refractivity contribution in [1.29, 1.82) is 0 Å². The van der Waals surface area contributed by atoms with E-state index in [1.165, 1.54) is 10.6 Å². The second-order valence-electron chi connectivity index (χ2n) is 6.88. The van der Waals surface area contributed by atoms with Gasteiger partial charge in [0.2, 0.25) is 16.0 Å². The van der Waals surface area contributed by atoms with Crippen LogP contribution in [-0.2, 0) is 10.0 Å². The van der Waals surface area contributed by atoms with Gasteiger partial charge in [-0.2, -0.15) is 0 Å². The van der Waals surface area contributed by atoms with Crippen LogP contribution in [-0.4, -0.2) is 57.7 Å². The van der Waals surface area contributed by atoms with Gasteiger partial charge in [-0.25, -0.2) is 22.2 Å². The number of anilines is 1. The molecule has 0 aromatic carbocycles. The van der Waals surface area contributed by atoms with E-state index in [9.17, 15) is 8.42 Å². The summed E-state index contributed by atoms with van der Waals surface area (Å²) in [7, 11) is -3.12. The molecule has 0 radical (unpaired) electrons. The van der Waals surface area contributed by atoms with E-state index < -0.39 is 10.0 Å². The van der Waals surface area contributed by atoms with E-state index in [-0.39, 0.29) is 6.04 Å². The van der Waals surface area contributed by atoms with Gasteiger partial charge in [-0.3, -0.25) is 4.98 Å². The number of hydrogen-bond acceptors (Lipinski definition) is 6. The van der Waals surface area contributed by atoms with Crippen molar-refractivity contribution in [2.45, 2.75) is 25.8 Å². The summed E-state index contributed by atoms with van der Waals surface area (Å²) in [4.78, 5) is 8.98. The fourth-order valence-electron chi connectivity index (χ4n) is 3.36. The van der Waals surface area contributed by atoms with Gasteiger partial charge in [-0.05, 0) is 44.0 Å². The molecule has 1 aliphatic heterocycles. The highest BCUT2D eigenvalue weighted by atomic mass is 32.2. The number of aryl methyl sites for hydroxylation is 1. The molecular weight excluding hydrogens is 364 g/mol. The third kappa shape index (κ3) is 3.79. The van der Waals surface area contributed by atoms with Crippen molar-refractivity contribution in [2.75, 3.05) is 24.7 Å². The SMILES string of the molecule is Cc1cccc(-c2ccc3cnc(NC4CCN(S(C)(=O)=O)CC4)nn23)n1. The largest absolute Gasteiger partial charge is 0.350 e. The zero-order chi connectivity index (χ0) is 19.0. The van der Waals surface area contributed by atoms with Gasteiger partial charge in [0, 0.05) is 24.8 Å². The van der Waals surface area contributed by atoms with E-state index in [4.69, 9.17) is 0 Å². The van der Waals surface area contributed by atoms with E-state index in [0.29, 0.717) is 19.0 Å². The number of nitrogens with one attached hydrogen (secondary N) is 1. The van der Waals surface area contributed by atoms with Crippen LogP contribution >= 0.6 is 0 Å². The molecule has 1 fully saturated rings. The first-order chi connectivity index (χ1) is 12.9. The first-order valence-electron chi connectivity index (χ1n) is 8.90. The molecule has 0 amide bonds. The van der Waals surface area contributed by atoms with Crippen molar-refractivity contribution < 1.29 is 8.42 Å². The lowest BCUT2D eigenvalue weighted by molar-refractivity contribution is 0.331. The normalized spacial score (nSPS) is 16.7. The maximum Gasteiger partial charge on any atom is 0.241 e. The number of hydrogen-bond donors (Lipinski definition) is 1. The van der Waals surface area contributed by atoms with E-state index in [2.05, 4.69) is 20.4 Å². The summed E-state index contributed by atoms with van der Waals surface area (Å²) in [6, 6.07) is 10.0. The molecule has 8 nitrogen and oxygen atoms in total. The molecule has 0 atom stereocenters. The third-order valence-corrected chi connectivity index (χ3v) is 6.11. The Balaban J connectivity index is 1.55. The predicted molar refractivity (Wildman–Crippen MR) is 104 cm³/mol. The van der Waals surface area contributed by atoms with Crippen molar-refractivity contribution in [3.63, 3.8) is 0 Å². The summed E-state index contributed by atoms with van der Waals surface area (Å²) in [6.45, 7) is 2.99. The summed E-state index contributed by atoms with van der Waals surface area (Å²) >= 11 is 0. The molecule has 3 aromatic heterocycles. The Bertz CT molecular complexity index is 1070. The van der Waals surface area contributed by atoms with Crippen LogP contribution in [0, 0.1) is 6.92 Å². The minimum atomic E-state index is -3.12.